The van der Waals surface area contributed by atoms with Crippen molar-refractivity contribution in [3.8, 4) is 11.8 Å². The molecule has 108 valence electrons. The second kappa shape index (κ2) is 7.05. The average molecular weight is 298 g/mol. The lowest BCUT2D eigenvalue weighted by Crippen LogP contribution is -2.12. The second-order valence-electron chi connectivity index (χ2n) is 4.43. The zero-order chi connectivity index (χ0) is 15.2. The molecular formula is C17H18N2OS. The molecule has 0 spiro atoms. The number of para-hydroxylation sites is 2. The summed E-state index contributed by atoms with van der Waals surface area (Å²) in [4.78, 5) is 3.01. The molecule has 0 heterocycles. The van der Waals surface area contributed by atoms with Gasteiger partial charge in [0, 0.05) is 11.9 Å². The number of nitrogens with zero attached hydrogens (tertiary/aromatic N) is 2. The predicted octanol–water partition coefficient (Wildman–Crippen LogP) is 4.45. The third-order valence-electron chi connectivity index (χ3n) is 3.22. The van der Waals surface area contributed by atoms with E-state index in [-0.39, 0.29) is 0 Å². The summed E-state index contributed by atoms with van der Waals surface area (Å²) < 4.78 is 5.41. The maximum atomic E-state index is 9.53. The molecule has 0 unspecified atom stereocenters. The lowest BCUT2D eigenvalue weighted by Gasteiger charge is -2.23. The highest BCUT2D eigenvalue weighted by atomic mass is 32.2. The van der Waals surface area contributed by atoms with Gasteiger partial charge in [0.1, 0.15) is 11.8 Å². The van der Waals surface area contributed by atoms with Crippen LogP contribution in [0.3, 0.4) is 0 Å². The first-order chi connectivity index (χ1) is 10.2. The highest BCUT2D eigenvalue weighted by Crippen LogP contribution is 2.36. The Morgan fingerprint density at radius 3 is 2.52 bits per heavy atom. The third kappa shape index (κ3) is 3.14. The molecule has 0 N–H and O–H groups in total. The Morgan fingerprint density at radius 2 is 1.86 bits per heavy atom. The quantitative estimate of drug-likeness (QED) is 0.764. The molecule has 21 heavy (non-hydrogen) atoms. The Labute approximate surface area is 130 Å². The number of nitriles is 1. The van der Waals surface area contributed by atoms with Crippen LogP contribution < -0.4 is 9.64 Å². The van der Waals surface area contributed by atoms with Gasteiger partial charge in [0.2, 0.25) is 0 Å². The Morgan fingerprint density at radius 1 is 1.14 bits per heavy atom. The molecule has 0 atom stereocenters. The van der Waals surface area contributed by atoms with Gasteiger partial charge in [-0.1, -0.05) is 25.1 Å². The van der Waals surface area contributed by atoms with E-state index in [2.05, 4.69) is 13.0 Å². The summed E-state index contributed by atoms with van der Waals surface area (Å²) >= 11 is 1.68. The van der Waals surface area contributed by atoms with E-state index >= 15 is 0 Å². The van der Waals surface area contributed by atoms with Crippen molar-refractivity contribution < 1.29 is 4.74 Å². The van der Waals surface area contributed by atoms with E-state index in [1.54, 1.807) is 18.9 Å². The minimum Gasteiger partial charge on any atom is -0.495 e. The van der Waals surface area contributed by atoms with Crippen molar-refractivity contribution in [3.63, 3.8) is 0 Å². The molecule has 0 radical (unpaired) electrons. The molecule has 2 aromatic carbocycles. The van der Waals surface area contributed by atoms with Gasteiger partial charge in [0.25, 0.3) is 0 Å². The summed E-state index contributed by atoms with van der Waals surface area (Å²) in [6.45, 7) is 2.09. The molecule has 0 aromatic heterocycles. The number of anilines is 2. The lowest BCUT2D eigenvalue weighted by molar-refractivity contribution is 0.415. The van der Waals surface area contributed by atoms with Gasteiger partial charge in [-0.05, 0) is 30.0 Å². The van der Waals surface area contributed by atoms with Crippen molar-refractivity contribution in [3.05, 3.63) is 48.0 Å². The maximum Gasteiger partial charge on any atom is 0.142 e. The minimum absolute atomic E-state index is 0.706. The van der Waals surface area contributed by atoms with E-state index in [9.17, 15) is 5.26 Å². The van der Waals surface area contributed by atoms with Gasteiger partial charge in [-0.15, -0.1) is 11.8 Å². The Hall–Kier alpha value is -2.12. The zero-order valence-corrected chi connectivity index (χ0v) is 13.3. The number of hydrogen-bond donors (Lipinski definition) is 0. The number of ether oxygens (including phenoxy) is 1. The van der Waals surface area contributed by atoms with Gasteiger partial charge < -0.3 is 9.64 Å². The fourth-order valence-corrected chi connectivity index (χ4v) is 3.00. The Kier molecular flexibility index (Phi) is 5.13. The summed E-state index contributed by atoms with van der Waals surface area (Å²) in [7, 11) is 3.61. The van der Waals surface area contributed by atoms with Gasteiger partial charge in [0.15, 0.2) is 0 Å². The molecule has 3 nitrogen and oxygen atoms in total. The SMILES string of the molecule is CCSc1cccc(N(C)c2ccccc2OC)c1C#N. The van der Waals surface area contributed by atoms with Crippen molar-refractivity contribution in [2.24, 2.45) is 0 Å². The number of methoxy groups -OCH3 is 1. The number of rotatable bonds is 5. The highest BCUT2D eigenvalue weighted by molar-refractivity contribution is 7.99. The van der Waals surface area contributed by atoms with E-state index in [4.69, 9.17) is 4.74 Å². The normalized spacial score (nSPS) is 10.0. The van der Waals surface area contributed by atoms with Crippen molar-refractivity contribution in [1.29, 1.82) is 5.26 Å². The van der Waals surface area contributed by atoms with Crippen LogP contribution in [0.4, 0.5) is 11.4 Å². The first-order valence-electron chi connectivity index (χ1n) is 6.75. The fraction of sp³-hybridized carbons (Fsp3) is 0.235. The van der Waals surface area contributed by atoms with Crippen LogP contribution in [0.2, 0.25) is 0 Å². The molecular weight excluding hydrogens is 280 g/mol. The summed E-state index contributed by atoms with van der Waals surface area (Å²) in [5.41, 5.74) is 2.54. The zero-order valence-electron chi connectivity index (χ0n) is 12.5. The van der Waals surface area contributed by atoms with Crippen LogP contribution >= 0.6 is 11.8 Å². The molecule has 2 aromatic rings. The largest absolute Gasteiger partial charge is 0.495 e. The third-order valence-corrected chi connectivity index (χ3v) is 4.16. The van der Waals surface area contributed by atoms with Crippen LogP contribution in [-0.4, -0.2) is 19.9 Å². The molecule has 0 amide bonds. The fourth-order valence-electron chi connectivity index (χ4n) is 2.22. The topological polar surface area (TPSA) is 36.3 Å². The van der Waals surface area contributed by atoms with Gasteiger partial charge in [-0.25, -0.2) is 0 Å². The number of thioether (sulfide) groups is 1. The minimum atomic E-state index is 0.706. The smallest absolute Gasteiger partial charge is 0.142 e. The number of benzene rings is 2. The van der Waals surface area contributed by atoms with Gasteiger partial charge in [-0.2, -0.15) is 5.26 Å². The van der Waals surface area contributed by atoms with Crippen molar-refractivity contribution >= 4 is 23.1 Å². The molecule has 4 heteroatoms. The molecule has 0 saturated carbocycles. The van der Waals surface area contributed by atoms with Gasteiger partial charge in [-0.3, -0.25) is 0 Å². The molecule has 0 aliphatic heterocycles. The van der Waals surface area contributed by atoms with Crippen LogP contribution in [0.15, 0.2) is 47.4 Å². The standard InChI is InChI=1S/C17H18N2OS/c1-4-21-17-11-7-9-14(13(17)12-18)19(2)15-8-5-6-10-16(15)20-3/h5-11H,4H2,1-3H3. The van der Waals surface area contributed by atoms with E-state index in [1.165, 1.54) is 0 Å². The van der Waals surface area contributed by atoms with Crippen LogP contribution in [0.25, 0.3) is 0 Å². The first-order valence-corrected chi connectivity index (χ1v) is 7.74. The molecule has 0 saturated heterocycles. The average Bonchev–Trinajstić information content (AvgIpc) is 2.54. The Balaban J connectivity index is 2.51. The van der Waals surface area contributed by atoms with E-state index in [0.29, 0.717) is 5.56 Å². The van der Waals surface area contributed by atoms with Gasteiger partial charge in [0.05, 0.1) is 24.0 Å². The molecule has 2 rings (SSSR count). The van der Waals surface area contributed by atoms with Crippen molar-refractivity contribution in [2.75, 3.05) is 24.8 Å². The monoisotopic (exact) mass is 298 g/mol. The summed E-state index contributed by atoms with van der Waals surface area (Å²) in [6, 6.07) is 16.1. The lowest BCUT2D eigenvalue weighted by atomic mass is 10.1. The summed E-state index contributed by atoms with van der Waals surface area (Å²) in [5.74, 6) is 1.73. The first kappa shape index (κ1) is 15.3. The Bertz CT molecular complexity index is 664. The van der Waals surface area contributed by atoms with E-state index in [0.717, 1.165) is 27.8 Å². The molecule has 0 bridgehead atoms. The van der Waals surface area contributed by atoms with E-state index < -0.39 is 0 Å². The maximum absolute atomic E-state index is 9.53. The van der Waals surface area contributed by atoms with Crippen LogP contribution in [-0.2, 0) is 0 Å². The van der Waals surface area contributed by atoms with Crippen molar-refractivity contribution in [1.82, 2.24) is 0 Å². The van der Waals surface area contributed by atoms with Crippen molar-refractivity contribution in [2.45, 2.75) is 11.8 Å². The second-order valence-corrected chi connectivity index (χ2v) is 5.73. The molecule has 0 aliphatic carbocycles. The molecule has 0 fully saturated rings. The van der Waals surface area contributed by atoms with Gasteiger partial charge >= 0.3 is 0 Å². The summed E-state index contributed by atoms with van der Waals surface area (Å²) in [5, 5.41) is 9.53. The molecule has 0 aliphatic rings. The van der Waals surface area contributed by atoms with Crippen LogP contribution in [0, 0.1) is 11.3 Å². The highest BCUT2D eigenvalue weighted by Gasteiger charge is 2.15. The van der Waals surface area contributed by atoms with Crippen LogP contribution in [0.1, 0.15) is 12.5 Å². The summed E-state index contributed by atoms with van der Waals surface area (Å²) in [6.07, 6.45) is 0. The number of hydrogen-bond acceptors (Lipinski definition) is 4. The van der Waals surface area contributed by atoms with E-state index in [1.807, 2.05) is 54.4 Å². The van der Waals surface area contributed by atoms with Crippen LogP contribution in [0.5, 0.6) is 5.75 Å². The predicted molar refractivity (Wildman–Crippen MR) is 88.6 cm³/mol.